The summed E-state index contributed by atoms with van der Waals surface area (Å²) in [5, 5.41) is 6.72. The molecule has 1 nitrogen and oxygen atoms in total. The summed E-state index contributed by atoms with van der Waals surface area (Å²) < 4.78 is 35.8. The van der Waals surface area contributed by atoms with Gasteiger partial charge in [-0.25, -0.2) is 0 Å². The average Bonchev–Trinajstić information content (AvgIpc) is 2.15. The van der Waals surface area contributed by atoms with Gasteiger partial charge in [-0.1, -0.05) is 35.9 Å². The van der Waals surface area contributed by atoms with E-state index < -0.39 is 11.9 Å². The molecule has 0 saturated heterocycles. The molecular formula is C11H10F3N. The number of benzene rings is 1. The lowest BCUT2D eigenvalue weighted by Crippen LogP contribution is -2.19. The molecule has 15 heavy (non-hydrogen) atoms. The van der Waals surface area contributed by atoms with Crippen LogP contribution >= 0.6 is 0 Å². The van der Waals surface area contributed by atoms with Crippen LogP contribution in [0.5, 0.6) is 0 Å². The van der Waals surface area contributed by atoms with Gasteiger partial charge in [-0.05, 0) is 18.6 Å². The molecule has 0 aliphatic carbocycles. The fourth-order valence-electron chi connectivity index (χ4n) is 0.952. The van der Waals surface area contributed by atoms with Crippen LogP contribution in [-0.4, -0.2) is 11.9 Å². The van der Waals surface area contributed by atoms with Crippen LogP contribution in [0.2, 0.25) is 0 Å². The van der Waals surface area contributed by atoms with Crippen LogP contribution < -0.4 is 0 Å². The summed E-state index contributed by atoms with van der Waals surface area (Å²) in [5.41, 5.74) is 0.343. The summed E-state index contributed by atoms with van der Waals surface area (Å²) in [7, 11) is 0. The molecule has 4 heteroatoms. The summed E-state index contributed by atoms with van der Waals surface area (Å²) in [6, 6.07) is 7.01. The highest BCUT2D eigenvalue weighted by Gasteiger charge is 2.31. The second kappa shape index (κ2) is 4.29. The van der Waals surface area contributed by atoms with Crippen LogP contribution in [0.25, 0.3) is 6.08 Å². The zero-order chi connectivity index (χ0) is 11.5. The zero-order valence-electron chi connectivity index (χ0n) is 8.10. The molecule has 0 aromatic heterocycles. The Bertz CT molecular complexity index is 374. The minimum Gasteiger partial charge on any atom is -0.296 e. The lowest BCUT2D eigenvalue weighted by atomic mass is 10.1. The van der Waals surface area contributed by atoms with E-state index in [9.17, 15) is 13.2 Å². The highest BCUT2D eigenvalue weighted by atomic mass is 19.4. The third-order valence-corrected chi connectivity index (χ3v) is 1.83. The quantitative estimate of drug-likeness (QED) is 0.726. The van der Waals surface area contributed by atoms with Crippen molar-refractivity contribution in [2.45, 2.75) is 13.1 Å². The Balaban J connectivity index is 2.74. The molecule has 80 valence electrons. The Hall–Kier alpha value is -1.58. The van der Waals surface area contributed by atoms with Crippen LogP contribution in [0, 0.1) is 12.3 Å². The van der Waals surface area contributed by atoms with Gasteiger partial charge in [-0.3, -0.25) is 5.41 Å². The van der Waals surface area contributed by atoms with E-state index in [1.807, 2.05) is 6.92 Å². The highest BCUT2D eigenvalue weighted by molar-refractivity contribution is 5.99. The molecule has 0 unspecified atom stereocenters. The van der Waals surface area contributed by atoms with Gasteiger partial charge in [0, 0.05) is 0 Å². The van der Waals surface area contributed by atoms with Crippen LogP contribution in [0.4, 0.5) is 13.2 Å². The zero-order valence-corrected chi connectivity index (χ0v) is 8.10. The summed E-state index contributed by atoms with van der Waals surface area (Å²) >= 11 is 0. The van der Waals surface area contributed by atoms with E-state index >= 15 is 0 Å². The predicted molar refractivity (Wildman–Crippen MR) is 54.0 cm³/mol. The summed E-state index contributed by atoms with van der Waals surface area (Å²) in [5.74, 6) is 0. The summed E-state index contributed by atoms with van der Waals surface area (Å²) in [4.78, 5) is 0. The second-order valence-corrected chi connectivity index (χ2v) is 3.16. The number of halogens is 3. The van der Waals surface area contributed by atoms with Crippen molar-refractivity contribution >= 4 is 11.8 Å². The first kappa shape index (κ1) is 11.5. The van der Waals surface area contributed by atoms with E-state index in [0.717, 1.165) is 11.6 Å². The number of hydrogen-bond donors (Lipinski definition) is 1. The van der Waals surface area contributed by atoms with Crippen LogP contribution in [-0.2, 0) is 0 Å². The van der Waals surface area contributed by atoms with Crippen molar-refractivity contribution in [1.82, 2.24) is 0 Å². The first-order valence-corrected chi connectivity index (χ1v) is 4.30. The van der Waals surface area contributed by atoms with E-state index in [4.69, 9.17) is 5.41 Å². The SMILES string of the molecule is Cc1ccc(/C=C/C(=N)C(F)(F)F)cc1. The predicted octanol–water partition coefficient (Wildman–Crippen LogP) is 3.59. The highest BCUT2D eigenvalue weighted by Crippen LogP contribution is 2.17. The molecule has 0 fully saturated rings. The molecule has 0 atom stereocenters. The van der Waals surface area contributed by atoms with E-state index in [2.05, 4.69) is 0 Å². The molecular weight excluding hydrogens is 203 g/mol. The Morgan fingerprint density at radius 1 is 1.20 bits per heavy atom. The maximum atomic E-state index is 11.9. The lowest BCUT2D eigenvalue weighted by Gasteiger charge is -2.02. The normalized spacial score (nSPS) is 12.0. The van der Waals surface area contributed by atoms with Crippen molar-refractivity contribution in [2.24, 2.45) is 0 Å². The standard InChI is InChI=1S/C11H10F3N/c1-8-2-4-9(5-3-8)6-7-10(15)11(12,13)14/h2-7,15H,1H3/b7-6+,15-10?. The van der Waals surface area contributed by atoms with E-state index in [1.54, 1.807) is 24.3 Å². The minimum absolute atomic E-state index is 0.648. The molecule has 0 spiro atoms. The minimum atomic E-state index is -4.57. The third-order valence-electron chi connectivity index (χ3n) is 1.83. The van der Waals surface area contributed by atoms with Crippen LogP contribution in [0.1, 0.15) is 11.1 Å². The number of alkyl halides is 3. The molecule has 0 heterocycles. The van der Waals surface area contributed by atoms with Gasteiger partial charge in [-0.2, -0.15) is 13.2 Å². The molecule has 1 N–H and O–H groups in total. The van der Waals surface area contributed by atoms with E-state index in [-0.39, 0.29) is 0 Å². The maximum absolute atomic E-state index is 11.9. The monoisotopic (exact) mass is 213 g/mol. The molecule has 0 aliphatic rings. The molecule has 0 radical (unpaired) electrons. The molecule has 0 bridgehead atoms. The van der Waals surface area contributed by atoms with Crippen molar-refractivity contribution in [2.75, 3.05) is 0 Å². The fourth-order valence-corrected chi connectivity index (χ4v) is 0.952. The molecule has 1 rings (SSSR count). The number of hydrogen-bond acceptors (Lipinski definition) is 1. The van der Waals surface area contributed by atoms with Crippen LogP contribution in [0.15, 0.2) is 30.3 Å². The molecule has 0 amide bonds. The summed E-state index contributed by atoms with van der Waals surface area (Å²) in [6.45, 7) is 1.89. The van der Waals surface area contributed by atoms with Crippen molar-refractivity contribution in [3.05, 3.63) is 41.5 Å². The molecule has 1 aromatic carbocycles. The Morgan fingerprint density at radius 3 is 2.20 bits per heavy atom. The van der Waals surface area contributed by atoms with Gasteiger partial charge in [0.2, 0.25) is 0 Å². The van der Waals surface area contributed by atoms with E-state index in [0.29, 0.717) is 5.56 Å². The lowest BCUT2D eigenvalue weighted by molar-refractivity contribution is -0.0583. The topological polar surface area (TPSA) is 23.9 Å². The third kappa shape index (κ3) is 3.58. The fraction of sp³-hybridized carbons (Fsp3) is 0.182. The first-order valence-electron chi connectivity index (χ1n) is 4.30. The first-order chi connectivity index (χ1) is 6.89. The molecule has 1 aromatic rings. The Labute approximate surface area is 85.7 Å². The number of allylic oxidation sites excluding steroid dienone is 1. The number of nitrogens with one attached hydrogen (secondary N) is 1. The van der Waals surface area contributed by atoms with Crippen molar-refractivity contribution in [3.63, 3.8) is 0 Å². The van der Waals surface area contributed by atoms with Gasteiger partial charge in [-0.15, -0.1) is 0 Å². The van der Waals surface area contributed by atoms with Gasteiger partial charge in [0.25, 0.3) is 0 Å². The van der Waals surface area contributed by atoms with Gasteiger partial charge >= 0.3 is 6.18 Å². The number of aryl methyl sites for hydroxylation is 1. The van der Waals surface area contributed by atoms with E-state index in [1.165, 1.54) is 6.08 Å². The van der Waals surface area contributed by atoms with Crippen molar-refractivity contribution < 1.29 is 13.2 Å². The van der Waals surface area contributed by atoms with Crippen molar-refractivity contribution in [3.8, 4) is 0 Å². The smallest absolute Gasteiger partial charge is 0.296 e. The van der Waals surface area contributed by atoms with Gasteiger partial charge in [0.15, 0.2) is 0 Å². The van der Waals surface area contributed by atoms with Crippen LogP contribution in [0.3, 0.4) is 0 Å². The van der Waals surface area contributed by atoms with Gasteiger partial charge in [0.1, 0.15) is 5.71 Å². The average molecular weight is 213 g/mol. The Kier molecular flexibility index (Phi) is 3.29. The Morgan fingerprint density at radius 2 is 1.73 bits per heavy atom. The summed E-state index contributed by atoms with van der Waals surface area (Å²) in [6.07, 6.45) is -2.54. The second-order valence-electron chi connectivity index (χ2n) is 3.16. The number of rotatable bonds is 2. The molecule has 0 saturated carbocycles. The van der Waals surface area contributed by atoms with Gasteiger partial charge in [0.05, 0.1) is 0 Å². The van der Waals surface area contributed by atoms with Gasteiger partial charge < -0.3 is 0 Å². The molecule has 0 aliphatic heterocycles. The van der Waals surface area contributed by atoms with Crippen molar-refractivity contribution in [1.29, 1.82) is 5.41 Å². The maximum Gasteiger partial charge on any atom is 0.432 e. The largest absolute Gasteiger partial charge is 0.432 e.